The van der Waals surface area contributed by atoms with Crippen molar-refractivity contribution >= 4 is 11.9 Å². The average Bonchev–Trinajstić information content (AvgIpc) is 3.12. The van der Waals surface area contributed by atoms with Crippen LogP contribution in [0.15, 0.2) is 0 Å². The molecule has 0 saturated heterocycles. The van der Waals surface area contributed by atoms with E-state index >= 15 is 0 Å². The molecule has 4 rings (SSSR count). The van der Waals surface area contributed by atoms with Gasteiger partial charge in [0.05, 0.1) is 0 Å². The topological polar surface area (TPSA) is 72.8 Å². The number of fused-ring (bicyclic) bond motifs is 5. The van der Waals surface area contributed by atoms with Crippen LogP contribution in [0.1, 0.15) is 119 Å². The summed E-state index contributed by atoms with van der Waals surface area (Å²) in [7, 11) is 0. The van der Waals surface area contributed by atoms with Crippen molar-refractivity contribution in [3.05, 3.63) is 0 Å². The molecule has 0 radical (unpaired) electrons. The molecule has 0 aromatic rings. The van der Waals surface area contributed by atoms with Crippen molar-refractivity contribution in [3.63, 3.8) is 0 Å². The molecule has 5 heteroatoms. The third kappa shape index (κ3) is 4.76. The van der Waals surface area contributed by atoms with Gasteiger partial charge in [-0.25, -0.2) is 0 Å². The SMILES string of the molecule is CC(=O)O[C@H]1CC[C@]2(C)[C@@H]3CC[C@@]4(C)[C@H](CC[C@H]4[C@@H](C)CCCC(C)C)[C@H]3C[C@H](OC(C)=O)[C@@]2(O)C1. The number of carbonyl (C=O) groups is 2. The molecular formula is C31H52O5. The van der Waals surface area contributed by atoms with Gasteiger partial charge in [0.15, 0.2) is 0 Å². The molecule has 206 valence electrons. The minimum atomic E-state index is -1.16. The predicted molar refractivity (Wildman–Crippen MR) is 141 cm³/mol. The smallest absolute Gasteiger partial charge is 0.303 e. The summed E-state index contributed by atoms with van der Waals surface area (Å²) >= 11 is 0. The van der Waals surface area contributed by atoms with Gasteiger partial charge in [-0.1, -0.05) is 53.9 Å². The highest BCUT2D eigenvalue weighted by molar-refractivity contribution is 5.66. The molecule has 0 amide bonds. The first-order valence-corrected chi connectivity index (χ1v) is 14.9. The summed E-state index contributed by atoms with van der Waals surface area (Å²) < 4.78 is 11.5. The maximum Gasteiger partial charge on any atom is 0.303 e. The lowest BCUT2D eigenvalue weighted by Gasteiger charge is -2.65. The fraction of sp³-hybridized carbons (Fsp3) is 0.935. The summed E-state index contributed by atoms with van der Waals surface area (Å²) in [5, 5.41) is 12.3. The van der Waals surface area contributed by atoms with Gasteiger partial charge >= 0.3 is 11.9 Å². The summed E-state index contributed by atoms with van der Waals surface area (Å²) in [4.78, 5) is 23.9. The van der Waals surface area contributed by atoms with E-state index in [9.17, 15) is 14.7 Å². The van der Waals surface area contributed by atoms with Gasteiger partial charge in [-0.05, 0) is 85.9 Å². The zero-order chi connectivity index (χ0) is 26.5. The van der Waals surface area contributed by atoms with E-state index in [2.05, 4.69) is 34.6 Å². The molecule has 0 aromatic carbocycles. The van der Waals surface area contributed by atoms with Crippen LogP contribution in [0.5, 0.6) is 0 Å². The van der Waals surface area contributed by atoms with Crippen LogP contribution in [0.4, 0.5) is 0 Å². The molecule has 0 spiro atoms. The van der Waals surface area contributed by atoms with Crippen molar-refractivity contribution in [3.8, 4) is 0 Å². The van der Waals surface area contributed by atoms with E-state index in [-0.39, 0.29) is 23.5 Å². The van der Waals surface area contributed by atoms with Crippen molar-refractivity contribution in [1.82, 2.24) is 0 Å². The Morgan fingerprint density at radius 1 is 0.917 bits per heavy atom. The Morgan fingerprint density at radius 2 is 1.61 bits per heavy atom. The van der Waals surface area contributed by atoms with Crippen LogP contribution in [-0.4, -0.2) is 34.9 Å². The molecular weight excluding hydrogens is 452 g/mol. The third-order valence-corrected chi connectivity index (χ3v) is 11.6. The highest BCUT2D eigenvalue weighted by atomic mass is 16.6. The van der Waals surface area contributed by atoms with E-state index in [1.165, 1.54) is 52.4 Å². The molecule has 1 N–H and O–H groups in total. The first-order chi connectivity index (χ1) is 16.8. The average molecular weight is 505 g/mol. The molecule has 0 bridgehead atoms. The normalized spacial score (nSPS) is 44.8. The van der Waals surface area contributed by atoms with Gasteiger partial charge in [0.1, 0.15) is 17.8 Å². The monoisotopic (exact) mass is 504 g/mol. The Hall–Kier alpha value is -1.10. The number of hydrogen-bond donors (Lipinski definition) is 1. The second-order valence-electron chi connectivity index (χ2n) is 14.1. The van der Waals surface area contributed by atoms with Gasteiger partial charge in [-0.3, -0.25) is 9.59 Å². The molecule has 0 unspecified atom stereocenters. The molecule has 10 atom stereocenters. The van der Waals surface area contributed by atoms with Crippen molar-refractivity contribution < 1.29 is 24.2 Å². The van der Waals surface area contributed by atoms with Gasteiger partial charge in [-0.2, -0.15) is 0 Å². The minimum Gasteiger partial charge on any atom is -0.462 e. The lowest BCUT2D eigenvalue weighted by atomic mass is 9.42. The van der Waals surface area contributed by atoms with Crippen LogP contribution >= 0.6 is 0 Å². The number of hydrogen-bond acceptors (Lipinski definition) is 5. The Balaban J connectivity index is 1.59. The summed E-state index contributed by atoms with van der Waals surface area (Å²) in [6.07, 6.45) is 10.7. The quantitative estimate of drug-likeness (QED) is 0.391. The molecule has 0 heterocycles. The summed E-state index contributed by atoms with van der Waals surface area (Å²) in [5.74, 6) is 3.15. The highest BCUT2D eigenvalue weighted by Crippen LogP contribution is 2.69. The Labute approximate surface area is 219 Å². The number of aliphatic hydroxyl groups is 1. The molecule has 4 saturated carbocycles. The fourth-order valence-corrected chi connectivity index (χ4v) is 9.92. The Bertz CT molecular complexity index is 824. The van der Waals surface area contributed by atoms with Crippen molar-refractivity contribution in [2.75, 3.05) is 0 Å². The molecule has 36 heavy (non-hydrogen) atoms. The first kappa shape index (κ1) is 27.9. The Morgan fingerprint density at radius 3 is 2.25 bits per heavy atom. The third-order valence-electron chi connectivity index (χ3n) is 11.6. The zero-order valence-electron chi connectivity index (χ0n) is 24.0. The number of esters is 2. The summed E-state index contributed by atoms with van der Waals surface area (Å²) in [6, 6.07) is 0. The maximum absolute atomic E-state index is 12.3. The van der Waals surface area contributed by atoms with Crippen molar-refractivity contribution in [2.45, 2.75) is 137 Å². The largest absolute Gasteiger partial charge is 0.462 e. The minimum absolute atomic E-state index is 0.308. The number of carbonyl (C=O) groups excluding carboxylic acids is 2. The van der Waals surface area contributed by atoms with Crippen LogP contribution in [0.25, 0.3) is 0 Å². The van der Waals surface area contributed by atoms with E-state index in [1.54, 1.807) is 0 Å². The fourth-order valence-electron chi connectivity index (χ4n) is 9.92. The second-order valence-corrected chi connectivity index (χ2v) is 14.1. The first-order valence-electron chi connectivity index (χ1n) is 14.9. The van der Waals surface area contributed by atoms with Crippen LogP contribution < -0.4 is 0 Å². The lowest BCUT2D eigenvalue weighted by Crippen LogP contribution is -2.69. The van der Waals surface area contributed by atoms with E-state index < -0.39 is 11.7 Å². The van der Waals surface area contributed by atoms with Gasteiger partial charge in [0, 0.05) is 25.7 Å². The van der Waals surface area contributed by atoms with Gasteiger partial charge in [0.2, 0.25) is 0 Å². The highest BCUT2D eigenvalue weighted by Gasteiger charge is 2.68. The van der Waals surface area contributed by atoms with Gasteiger partial charge in [0.25, 0.3) is 0 Å². The van der Waals surface area contributed by atoms with Crippen LogP contribution in [-0.2, 0) is 19.1 Å². The molecule has 0 aromatic heterocycles. The van der Waals surface area contributed by atoms with E-state index in [0.29, 0.717) is 29.6 Å². The predicted octanol–water partition coefficient (Wildman–Crippen LogP) is 6.70. The lowest BCUT2D eigenvalue weighted by molar-refractivity contribution is -0.271. The maximum atomic E-state index is 12.3. The van der Waals surface area contributed by atoms with Crippen LogP contribution in [0.2, 0.25) is 0 Å². The molecule has 5 nitrogen and oxygen atoms in total. The van der Waals surface area contributed by atoms with E-state index in [0.717, 1.165) is 43.4 Å². The second kappa shape index (κ2) is 10.2. The Kier molecular flexibility index (Phi) is 7.93. The van der Waals surface area contributed by atoms with Crippen LogP contribution in [0, 0.1) is 46.3 Å². The summed E-state index contributed by atoms with van der Waals surface area (Å²) in [6.45, 7) is 14.8. The van der Waals surface area contributed by atoms with E-state index in [4.69, 9.17) is 9.47 Å². The molecule has 4 fully saturated rings. The van der Waals surface area contributed by atoms with Crippen molar-refractivity contribution in [1.29, 1.82) is 0 Å². The van der Waals surface area contributed by atoms with Gasteiger partial charge in [-0.15, -0.1) is 0 Å². The molecule has 0 aliphatic heterocycles. The molecule has 4 aliphatic rings. The zero-order valence-corrected chi connectivity index (χ0v) is 24.0. The molecule has 4 aliphatic carbocycles. The number of rotatable bonds is 7. The van der Waals surface area contributed by atoms with E-state index in [1.807, 2.05) is 0 Å². The van der Waals surface area contributed by atoms with Crippen LogP contribution in [0.3, 0.4) is 0 Å². The summed E-state index contributed by atoms with van der Waals surface area (Å²) in [5.41, 5.74) is -1.16. The van der Waals surface area contributed by atoms with Gasteiger partial charge < -0.3 is 14.6 Å². The number of ether oxygens (including phenoxy) is 2. The van der Waals surface area contributed by atoms with Crippen molar-refractivity contribution in [2.24, 2.45) is 46.3 Å². The standard InChI is InChI=1S/C31H52O5/c1-19(2)9-8-10-20(3)25-11-12-26-24-17-28(36-22(5)33)31(34)18-23(35-21(4)32)13-16-30(31,7)27(24)14-15-29(25,26)6/h19-20,23-28,34H,8-18H2,1-7H3/t20-,23-,24+,25-,26+,27+,28-,29+,30+,31-/m0/s1.